The first-order chi connectivity index (χ1) is 9.85. The molecule has 1 N–H and O–H groups in total. The van der Waals surface area contributed by atoms with E-state index in [1.807, 2.05) is 30.4 Å². The molecule has 6 heteroatoms. The SMILES string of the molecule is CC1(C)CC(N2C=CS[C@H]2c2cc(F)cc(Cl)c2)C(=O)N1. The summed E-state index contributed by atoms with van der Waals surface area (Å²) < 4.78 is 13.6. The van der Waals surface area contributed by atoms with Crippen LogP contribution in [0.3, 0.4) is 0 Å². The third kappa shape index (κ3) is 2.90. The highest BCUT2D eigenvalue weighted by atomic mass is 35.5. The molecule has 2 heterocycles. The maximum absolute atomic E-state index is 13.6. The molecule has 112 valence electrons. The van der Waals surface area contributed by atoms with Crippen molar-refractivity contribution in [1.29, 1.82) is 0 Å². The lowest BCUT2D eigenvalue weighted by Gasteiger charge is -2.30. The highest BCUT2D eigenvalue weighted by Crippen LogP contribution is 2.43. The zero-order chi connectivity index (χ0) is 15.2. The summed E-state index contributed by atoms with van der Waals surface area (Å²) in [6.07, 6.45) is 2.62. The Morgan fingerprint density at radius 2 is 2.19 bits per heavy atom. The van der Waals surface area contributed by atoms with Crippen molar-refractivity contribution in [2.24, 2.45) is 0 Å². The van der Waals surface area contributed by atoms with Gasteiger partial charge in [-0.2, -0.15) is 0 Å². The van der Waals surface area contributed by atoms with Crippen LogP contribution in [0, 0.1) is 5.82 Å². The first-order valence-electron chi connectivity index (χ1n) is 6.73. The van der Waals surface area contributed by atoms with E-state index < -0.39 is 0 Å². The lowest BCUT2D eigenvalue weighted by molar-refractivity contribution is -0.123. The Morgan fingerprint density at radius 3 is 2.81 bits per heavy atom. The third-order valence-electron chi connectivity index (χ3n) is 3.71. The van der Waals surface area contributed by atoms with Crippen molar-refractivity contribution in [2.75, 3.05) is 0 Å². The monoisotopic (exact) mass is 326 g/mol. The molecule has 1 fully saturated rings. The summed E-state index contributed by atoms with van der Waals surface area (Å²) in [6.45, 7) is 4.01. The summed E-state index contributed by atoms with van der Waals surface area (Å²) >= 11 is 7.49. The number of hydrogen-bond acceptors (Lipinski definition) is 3. The number of benzene rings is 1. The van der Waals surface area contributed by atoms with Gasteiger partial charge in [-0.15, -0.1) is 11.8 Å². The quantitative estimate of drug-likeness (QED) is 0.900. The maximum atomic E-state index is 13.6. The van der Waals surface area contributed by atoms with Crippen LogP contribution in [0.15, 0.2) is 29.8 Å². The van der Waals surface area contributed by atoms with E-state index >= 15 is 0 Å². The fourth-order valence-electron chi connectivity index (χ4n) is 2.85. The van der Waals surface area contributed by atoms with E-state index in [2.05, 4.69) is 5.32 Å². The van der Waals surface area contributed by atoms with Gasteiger partial charge in [-0.3, -0.25) is 4.79 Å². The molecule has 1 amide bonds. The molecule has 3 rings (SSSR count). The van der Waals surface area contributed by atoms with E-state index in [4.69, 9.17) is 11.6 Å². The second-order valence-electron chi connectivity index (χ2n) is 6.02. The lowest BCUT2D eigenvalue weighted by Crippen LogP contribution is -2.38. The van der Waals surface area contributed by atoms with Gasteiger partial charge in [-0.25, -0.2) is 4.39 Å². The second-order valence-corrected chi connectivity index (χ2v) is 7.44. The molecule has 1 aromatic rings. The predicted octanol–water partition coefficient (Wildman–Crippen LogP) is 3.66. The van der Waals surface area contributed by atoms with E-state index in [9.17, 15) is 9.18 Å². The summed E-state index contributed by atoms with van der Waals surface area (Å²) in [5.74, 6) is -0.346. The minimum Gasteiger partial charge on any atom is -0.349 e. The fraction of sp³-hybridized carbons (Fsp3) is 0.400. The Balaban J connectivity index is 1.89. The average molecular weight is 327 g/mol. The van der Waals surface area contributed by atoms with Crippen molar-refractivity contribution in [2.45, 2.75) is 37.2 Å². The number of amides is 1. The molecule has 0 spiro atoms. The first kappa shape index (κ1) is 14.7. The largest absolute Gasteiger partial charge is 0.349 e. The topological polar surface area (TPSA) is 32.3 Å². The average Bonchev–Trinajstić information content (AvgIpc) is 2.91. The highest BCUT2D eigenvalue weighted by molar-refractivity contribution is 8.02. The number of carbonyl (C=O) groups is 1. The van der Waals surface area contributed by atoms with Crippen molar-refractivity contribution in [3.63, 3.8) is 0 Å². The van der Waals surface area contributed by atoms with Crippen molar-refractivity contribution in [1.82, 2.24) is 10.2 Å². The van der Waals surface area contributed by atoms with Gasteiger partial charge in [0.1, 0.15) is 17.2 Å². The number of nitrogens with zero attached hydrogens (tertiary/aromatic N) is 1. The van der Waals surface area contributed by atoms with Crippen LogP contribution in [0.1, 0.15) is 31.2 Å². The molecule has 21 heavy (non-hydrogen) atoms. The van der Waals surface area contributed by atoms with Crippen molar-refractivity contribution in [3.05, 3.63) is 46.2 Å². The van der Waals surface area contributed by atoms with Crippen LogP contribution >= 0.6 is 23.4 Å². The van der Waals surface area contributed by atoms with Crippen LogP contribution in [-0.2, 0) is 4.79 Å². The maximum Gasteiger partial charge on any atom is 0.243 e. The van der Waals surface area contributed by atoms with Gasteiger partial charge >= 0.3 is 0 Å². The summed E-state index contributed by atoms with van der Waals surface area (Å²) in [4.78, 5) is 14.2. The van der Waals surface area contributed by atoms with Crippen molar-refractivity contribution < 1.29 is 9.18 Å². The molecule has 2 atom stereocenters. The fourth-order valence-corrected chi connectivity index (χ4v) is 4.09. The molecular weight excluding hydrogens is 311 g/mol. The summed E-state index contributed by atoms with van der Waals surface area (Å²) in [5.41, 5.74) is 0.556. The molecular formula is C15H16ClFN2OS. The van der Waals surface area contributed by atoms with Gasteiger partial charge < -0.3 is 10.2 Å². The minimum absolute atomic E-state index is 0.0136. The van der Waals surface area contributed by atoms with Gasteiger partial charge in [0.05, 0.1) is 0 Å². The van der Waals surface area contributed by atoms with Gasteiger partial charge in [0.2, 0.25) is 5.91 Å². The van der Waals surface area contributed by atoms with Crippen LogP contribution in [0.4, 0.5) is 4.39 Å². The number of rotatable bonds is 2. The molecule has 3 nitrogen and oxygen atoms in total. The summed E-state index contributed by atoms with van der Waals surface area (Å²) in [6, 6.07) is 4.27. The first-order valence-corrected chi connectivity index (χ1v) is 8.05. The van der Waals surface area contributed by atoms with E-state index in [0.29, 0.717) is 5.02 Å². The van der Waals surface area contributed by atoms with E-state index in [1.54, 1.807) is 17.8 Å². The van der Waals surface area contributed by atoms with Crippen LogP contribution in [0.25, 0.3) is 0 Å². The molecule has 0 aliphatic carbocycles. The van der Waals surface area contributed by atoms with E-state index in [0.717, 1.165) is 12.0 Å². The Bertz CT molecular complexity index is 599. The minimum atomic E-state index is -0.360. The summed E-state index contributed by atoms with van der Waals surface area (Å²) in [7, 11) is 0. The van der Waals surface area contributed by atoms with Crippen LogP contribution in [0.2, 0.25) is 5.02 Å². The number of hydrogen-bond donors (Lipinski definition) is 1. The lowest BCUT2D eigenvalue weighted by atomic mass is 10.0. The van der Waals surface area contributed by atoms with E-state index in [-0.39, 0.29) is 28.7 Å². The van der Waals surface area contributed by atoms with Gasteiger partial charge in [0.15, 0.2) is 0 Å². The van der Waals surface area contributed by atoms with Crippen LogP contribution < -0.4 is 5.32 Å². The second kappa shape index (κ2) is 5.21. The molecule has 1 saturated heterocycles. The normalized spacial score (nSPS) is 27.2. The molecule has 0 aromatic heterocycles. The Hall–Kier alpha value is -1.20. The van der Waals surface area contributed by atoms with Crippen molar-refractivity contribution >= 4 is 29.3 Å². The van der Waals surface area contributed by atoms with Gasteiger partial charge in [-0.1, -0.05) is 11.6 Å². The highest BCUT2D eigenvalue weighted by Gasteiger charge is 2.43. The molecule has 1 unspecified atom stereocenters. The van der Waals surface area contributed by atoms with Gasteiger partial charge in [0.25, 0.3) is 0 Å². The molecule has 1 aromatic carbocycles. The van der Waals surface area contributed by atoms with Crippen LogP contribution in [0.5, 0.6) is 0 Å². The molecule has 2 aliphatic rings. The molecule has 0 saturated carbocycles. The predicted molar refractivity (Wildman–Crippen MR) is 83.3 cm³/mol. The van der Waals surface area contributed by atoms with Gasteiger partial charge in [-0.05, 0) is 49.4 Å². The van der Waals surface area contributed by atoms with Crippen molar-refractivity contribution in [3.8, 4) is 0 Å². The Kier molecular flexibility index (Phi) is 3.66. The standard InChI is InChI=1S/C15H16ClFN2OS/c1-15(2)8-12(13(20)18-15)19-3-4-21-14(19)9-5-10(16)7-11(17)6-9/h3-7,12,14H,8H2,1-2H3,(H,18,20)/t12?,14-/m0/s1. The number of nitrogens with one attached hydrogen (secondary N) is 1. The van der Waals surface area contributed by atoms with E-state index in [1.165, 1.54) is 12.1 Å². The molecule has 0 bridgehead atoms. The number of halogens is 2. The smallest absolute Gasteiger partial charge is 0.243 e. The zero-order valence-electron chi connectivity index (χ0n) is 11.8. The van der Waals surface area contributed by atoms with Crippen LogP contribution in [-0.4, -0.2) is 22.4 Å². The summed E-state index contributed by atoms with van der Waals surface area (Å²) in [5, 5.41) is 5.17. The number of carbonyl (C=O) groups excluding carboxylic acids is 1. The number of thioether (sulfide) groups is 1. The Labute approximate surface area is 132 Å². The third-order valence-corrected chi connectivity index (χ3v) is 4.98. The Morgan fingerprint density at radius 1 is 1.43 bits per heavy atom. The zero-order valence-corrected chi connectivity index (χ0v) is 13.3. The molecule has 2 aliphatic heterocycles. The molecule has 0 radical (unpaired) electrons. The van der Waals surface area contributed by atoms with Gasteiger partial charge in [0, 0.05) is 16.8 Å².